The number of nitrogens with two attached hydrogens (primary N) is 2. The first-order valence-corrected chi connectivity index (χ1v) is 1.19. The largest absolute Gasteiger partial charge is 0.377 e. The van der Waals surface area contributed by atoms with Gasteiger partial charge in [-0.15, -0.1) is 0 Å². The second-order valence-corrected chi connectivity index (χ2v) is 0.874. The van der Waals surface area contributed by atoms with E-state index in [1.165, 1.54) is 0 Å². The number of hydrogen-bond donors (Lipinski definition) is 2. The third-order valence-corrected chi connectivity index (χ3v) is 0. The molecule has 0 saturated carbocycles. The molecule has 0 spiro atoms. The molecule has 0 heterocycles. The number of thiocarbonyl (C=S) groups is 1. The molecule has 4 heteroatoms. The standard InChI is InChI=1S/CH4N2S.Hg/c2-1(3)4;/h(H4,2,3,4);. The fraction of sp³-hybridized carbons (Fsp3) is 0. The molecular formula is CH4HgN2S. The van der Waals surface area contributed by atoms with Crippen molar-refractivity contribution < 1.29 is 27.7 Å². The van der Waals surface area contributed by atoms with Gasteiger partial charge in [-0.25, -0.2) is 0 Å². The summed E-state index contributed by atoms with van der Waals surface area (Å²) >= 11 is 4.09. The average molecular weight is 277 g/mol. The van der Waals surface area contributed by atoms with E-state index in [4.69, 9.17) is 0 Å². The van der Waals surface area contributed by atoms with E-state index in [0.29, 0.717) is 0 Å². The van der Waals surface area contributed by atoms with Gasteiger partial charge in [0.05, 0.1) is 0 Å². The van der Waals surface area contributed by atoms with E-state index in [9.17, 15) is 0 Å². The maximum Gasteiger partial charge on any atom is 0.160 e. The van der Waals surface area contributed by atoms with Crippen LogP contribution in [-0.2, 0) is 27.7 Å². The first-order chi connectivity index (χ1) is 1.73. The SMILES string of the molecule is NC(N)=S.[Hg]. The van der Waals surface area contributed by atoms with E-state index < -0.39 is 0 Å². The summed E-state index contributed by atoms with van der Waals surface area (Å²) in [5, 5.41) is 0.000000000000000222. The molecule has 0 aliphatic rings. The van der Waals surface area contributed by atoms with Crippen LogP contribution in [0.1, 0.15) is 0 Å². The summed E-state index contributed by atoms with van der Waals surface area (Å²) in [6, 6.07) is 0. The van der Waals surface area contributed by atoms with Crippen LogP contribution in [0.25, 0.3) is 0 Å². The van der Waals surface area contributed by atoms with Crippen LogP contribution >= 0.6 is 12.2 Å². The van der Waals surface area contributed by atoms with E-state index in [2.05, 4.69) is 23.7 Å². The molecule has 0 aromatic carbocycles. The minimum absolute atomic E-state index is 0. The molecule has 26 valence electrons. The Bertz CT molecular complexity index is 32.6. The molecule has 0 unspecified atom stereocenters. The average Bonchev–Trinajstić information content (AvgIpc) is 0.811. The Labute approximate surface area is 56.4 Å². The van der Waals surface area contributed by atoms with Gasteiger partial charge >= 0.3 is 0 Å². The van der Waals surface area contributed by atoms with Crippen molar-refractivity contribution in [3.8, 4) is 0 Å². The molecule has 0 amide bonds. The predicted molar refractivity (Wildman–Crippen MR) is 21.0 cm³/mol. The quantitative estimate of drug-likeness (QED) is 0.449. The number of rotatable bonds is 0. The van der Waals surface area contributed by atoms with E-state index in [-0.39, 0.29) is 32.8 Å². The van der Waals surface area contributed by atoms with Gasteiger partial charge in [0.15, 0.2) is 5.11 Å². The maximum atomic E-state index is 4.62. The summed E-state index contributed by atoms with van der Waals surface area (Å²) in [6.07, 6.45) is 0. The van der Waals surface area contributed by atoms with E-state index in [1.54, 1.807) is 0 Å². The van der Waals surface area contributed by atoms with Gasteiger partial charge in [-0.2, -0.15) is 0 Å². The van der Waals surface area contributed by atoms with Crippen LogP contribution in [0.3, 0.4) is 0 Å². The Morgan fingerprint density at radius 2 is 1.40 bits per heavy atom. The van der Waals surface area contributed by atoms with E-state index >= 15 is 0 Å². The summed E-state index contributed by atoms with van der Waals surface area (Å²) < 4.78 is 0. The van der Waals surface area contributed by atoms with Gasteiger partial charge in [-0.05, 0) is 12.2 Å². The Balaban J connectivity index is 0. The third kappa shape index (κ3) is 81.6. The van der Waals surface area contributed by atoms with E-state index in [1.807, 2.05) is 0 Å². The van der Waals surface area contributed by atoms with Crippen molar-refractivity contribution in [3.05, 3.63) is 0 Å². The zero-order valence-corrected chi connectivity index (χ0v) is 9.08. The predicted octanol–water partition coefficient (Wildman–Crippen LogP) is -0.814. The van der Waals surface area contributed by atoms with Crippen molar-refractivity contribution in [3.63, 3.8) is 0 Å². The van der Waals surface area contributed by atoms with Gasteiger partial charge in [0.1, 0.15) is 0 Å². The Morgan fingerprint density at radius 3 is 1.40 bits per heavy atom. The van der Waals surface area contributed by atoms with Crippen molar-refractivity contribution in [2.24, 2.45) is 11.5 Å². The first kappa shape index (κ1) is 9.16. The van der Waals surface area contributed by atoms with Crippen molar-refractivity contribution >= 4 is 17.3 Å². The van der Waals surface area contributed by atoms with Crippen LogP contribution in [0.15, 0.2) is 0 Å². The molecule has 2 nitrogen and oxygen atoms in total. The number of hydrogen-bond acceptors (Lipinski definition) is 1. The van der Waals surface area contributed by atoms with Gasteiger partial charge in [-0.3, -0.25) is 0 Å². The molecule has 0 rings (SSSR count). The molecule has 0 radical (unpaired) electrons. The normalized spacial score (nSPS) is 4.80. The zero-order chi connectivity index (χ0) is 3.58. The van der Waals surface area contributed by atoms with E-state index in [0.717, 1.165) is 0 Å². The summed E-state index contributed by atoms with van der Waals surface area (Å²) in [5.41, 5.74) is 9.24. The van der Waals surface area contributed by atoms with Crippen molar-refractivity contribution in [1.29, 1.82) is 0 Å². The van der Waals surface area contributed by atoms with Gasteiger partial charge in [0, 0.05) is 27.7 Å². The fourth-order valence-corrected chi connectivity index (χ4v) is 0. The monoisotopic (exact) mass is 278 g/mol. The third-order valence-electron chi connectivity index (χ3n) is 0. The van der Waals surface area contributed by atoms with Gasteiger partial charge in [-0.1, -0.05) is 0 Å². The van der Waals surface area contributed by atoms with Crippen molar-refractivity contribution in [2.75, 3.05) is 0 Å². The second-order valence-electron chi connectivity index (χ2n) is 0.402. The molecule has 0 aliphatic heterocycles. The smallest absolute Gasteiger partial charge is 0.160 e. The molecular weight excluding hydrogens is 273 g/mol. The first-order valence-electron chi connectivity index (χ1n) is 0.781. The van der Waals surface area contributed by atoms with Gasteiger partial charge in [0.2, 0.25) is 0 Å². The summed E-state index contributed by atoms with van der Waals surface area (Å²) in [4.78, 5) is 0. The molecule has 0 saturated heterocycles. The molecule has 0 aliphatic carbocycles. The Morgan fingerprint density at radius 1 is 1.40 bits per heavy atom. The van der Waals surface area contributed by atoms with Crippen LogP contribution in [-0.4, -0.2) is 5.11 Å². The molecule has 0 aromatic rings. The minimum Gasteiger partial charge on any atom is -0.377 e. The topological polar surface area (TPSA) is 52.0 Å². The van der Waals surface area contributed by atoms with Crippen molar-refractivity contribution in [1.82, 2.24) is 0 Å². The summed E-state index contributed by atoms with van der Waals surface area (Å²) in [5.74, 6) is 0. The molecule has 0 fully saturated rings. The molecule has 0 atom stereocenters. The Hall–Kier alpha value is 0.625. The maximum absolute atomic E-state index is 4.62. The fourth-order valence-electron chi connectivity index (χ4n) is 0. The van der Waals surface area contributed by atoms with Crippen molar-refractivity contribution in [2.45, 2.75) is 0 Å². The van der Waals surface area contributed by atoms with Crippen LogP contribution in [0, 0.1) is 0 Å². The van der Waals surface area contributed by atoms with Gasteiger partial charge in [0.25, 0.3) is 0 Å². The zero-order valence-electron chi connectivity index (χ0n) is 2.77. The molecule has 0 aromatic heterocycles. The van der Waals surface area contributed by atoms with Crippen LogP contribution in [0.4, 0.5) is 0 Å². The molecule has 5 heavy (non-hydrogen) atoms. The minimum atomic E-state index is 0. The van der Waals surface area contributed by atoms with Crippen LogP contribution in [0.5, 0.6) is 0 Å². The van der Waals surface area contributed by atoms with Crippen LogP contribution in [0.2, 0.25) is 0 Å². The summed E-state index contributed by atoms with van der Waals surface area (Å²) in [6.45, 7) is 0. The van der Waals surface area contributed by atoms with Gasteiger partial charge < -0.3 is 11.5 Å². The molecule has 4 N–H and O–H groups in total. The summed E-state index contributed by atoms with van der Waals surface area (Å²) in [7, 11) is 0. The second kappa shape index (κ2) is 4.63. The Kier molecular flexibility index (Phi) is 8.47. The molecule has 0 bridgehead atoms. The van der Waals surface area contributed by atoms with Crippen LogP contribution < -0.4 is 11.5 Å².